The Bertz CT molecular complexity index is 377. The predicted octanol–water partition coefficient (Wildman–Crippen LogP) is 3.16. The third-order valence-corrected chi connectivity index (χ3v) is 4.36. The average Bonchev–Trinajstić information content (AvgIpc) is 2.86. The van der Waals surface area contributed by atoms with Crippen LogP contribution in [0.1, 0.15) is 39.0 Å². The number of hydrogen-bond donors (Lipinski definition) is 2. The van der Waals surface area contributed by atoms with Crippen molar-refractivity contribution in [1.82, 2.24) is 9.97 Å². The Labute approximate surface area is 113 Å². The molecule has 3 N–H and O–H groups in total. The van der Waals surface area contributed by atoms with Crippen LogP contribution in [-0.2, 0) is 0 Å². The van der Waals surface area contributed by atoms with E-state index in [-0.39, 0.29) is 0 Å². The fourth-order valence-corrected chi connectivity index (χ4v) is 3.33. The zero-order valence-electron chi connectivity index (χ0n) is 11.0. The molecule has 1 aliphatic carbocycles. The molecular formula is C13H22N4S. The first-order valence-corrected chi connectivity index (χ1v) is 7.77. The van der Waals surface area contributed by atoms with E-state index in [1.807, 2.05) is 17.8 Å². The van der Waals surface area contributed by atoms with E-state index >= 15 is 0 Å². The Morgan fingerprint density at radius 1 is 1.39 bits per heavy atom. The molecule has 0 radical (unpaired) electrons. The second-order valence-corrected chi connectivity index (χ2v) is 5.88. The van der Waals surface area contributed by atoms with Crippen LogP contribution in [0.15, 0.2) is 11.1 Å². The van der Waals surface area contributed by atoms with Crippen LogP contribution in [0.4, 0.5) is 11.8 Å². The van der Waals surface area contributed by atoms with E-state index in [2.05, 4.69) is 22.2 Å². The van der Waals surface area contributed by atoms with Crippen molar-refractivity contribution in [2.45, 2.75) is 44.1 Å². The quantitative estimate of drug-likeness (QED) is 0.611. The molecule has 1 fully saturated rings. The summed E-state index contributed by atoms with van der Waals surface area (Å²) in [7, 11) is 0. The van der Waals surface area contributed by atoms with Crippen molar-refractivity contribution in [2.24, 2.45) is 5.92 Å². The lowest BCUT2D eigenvalue weighted by Gasteiger charge is -2.10. The van der Waals surface area contributed by atoms with Crippen LogP contribution < -0.4 is 11.1 Å². The van der Waals surface area contributed by atoms with Crippen molar-refractivity contribution >= 4 is 23.5 Å². The molecule has 0 aromatic carbocycles. The summed E-state index contributed by atoms with van der Waals surface area (Å²) in [5.74, 6) is 3.23. The minimum atomic E-state index is 0.366. The van der Waals surface area contributed by atoms with Gasteiger partial charge in [-0.3, -0.25) is 0 Å². The van der Waals surface area contributed by atoms with E-state index in [1.54, 1.807) is 0 Å². The van der Waals surface area contributed by atoms with E-state index in [0.717, 1.165) is 35.5 Å². The van der Waals surface area contributed by atoms with Gasteiger partial charge in [0, 0.05) is 18.4 Å². The number of anilines is 2. The largest absolute Gasteiger partial charge is 0.370 e. The highest BCUT2D eigenvalue weighted by Crippen LogP contribution is 2.30. The zero-order valence-corrected chi connectivity index (χ0v) is 11.8. The molecule has 1 aliphatic rings. The minimum absolute atomic E-state index is 0.366. The molecule has 18 heavy (non-hydrogen) atoms. The Balaban J connectivity index is 1.91. The lowest BCUT2D eigenvalue weighted by Crippen LogP contribution is -2.06. The highest BCUT2D eigenvalue weighted by Gasteiger charge is 2.15. The van der Waals surface area contributed by atoms with Crippen LogP contribution in [0.25, 0.3) is 0 Å². The maximum Gasteiger partial charge on any atom is 0.223 e. The van der Waals surface area contributed by atoms with E-state index in [1.165, 1.54) is 25.7 Å². The number of nitrogen functional groups attached to an aromatic ring is 1. The van der Waals surface area contributed by atoms with Crippen molar-refractivity contribution in [1.29, 1.82) is 0 Å². The van der Waals surface area contributed by atoms with E-state index < -0.39 is 0 Å². The molecule has 0 spiro atoms. The summed E-state index contributed by atoms with van der Waals surface area (Å²) < 4.78 is 0. The van der Waals surface area contributed by atoms with Crippen LogP contribution in [0.5, 0.6) is 0 Å². The molecule has 4 nitrogen and oxygen atoms in total. The average molecular weight is 266 g/mol. The van der Waals surface area contributed by atoms with Gasteiger partial charge in [-0.05, 0) is 25.2 Å². The van der Waals surface area contributed by atoms with Gasteiger partial charge in [0.05, 0.1) is 0 Å². The molecule has 0 amide bonds. The van der Waals surface area contributed by atoms with Crippen LogP contribution in [0.3, 0.4) is 0 Å². The smallest absolute Gasteiger partial charge is 0.223 e. The van der Waals surface area contributed by atoms with Crippen LogP contribution in [0, 0.1) is 5.92 Å². The molecule has 1 saturated carbocycles. The van der Waals surface area contributed by atoms with Crippen molar-refractivity contribution in [3.63, 3.8) is 0 Å². The third kappa shape index (κ3) is 4.05. The summed E-state index contributed by atoms with van der Waals surface area (Å²) in [5, 5.41) is 4.25. The van der Waals surface area contributed by atoms with E-state index in [4.69, 9.17) is 5.73 Å². The lowest BCUT2D eigenvalue weighted by atomic mass is 10.1. The number of nitrogens with two attached hydrogens (primary N) is 1. The van der Waals surface area contributed by atoms with Crippen LogP contribution in [-0.4, -0.2) is 22.3 Å². The van der Waals surface area contributed by atoms with Gasteiger partial charge in [0.2, 0.25) is 5.95 Å². The normalized spacial score (nSPS) is 16.1. The molecule has 5 heteroatoms. The Morgan fingerprint density at radius 2 is 2.17 bits per heavy atom. The minimum Gasteiger partial charge on any atom is -0.370 e. The lowest BCUT2D eigenvalue weighted by molar-refractivity contribution is 0.623. The second-order valence-electron chi connectivity index (χ2n) is 4.84. The second kappa shape index (κ2) is 6.83. The van der Waals surface area contributed by atoms with Crippen molar-refractivity contribution < 1.29 is 0 Å². The molecule has 1 heterocycles. The summed E-state index contributed by atoms with van der Waals surface area (Å²) in [6.07, 6.45) is 6.60. The topological polar surface area (TPSA) is 63.8 Å². The highest BCUT2D eigenvalue weighted by molar-refractivity contribution is 7.99. The van der Waals surface area contributed by atoms with Crippen molar-refractivity contribution in [3.8, 4) is 0 Å². The first-order valence-electron chi connectivity index (χ1n) is 6.79. The first kappa shape index (κ1) is 13.5. The summed E-state index contributed by atoms with van der Waals surface area (Å²) in [6.45, 7) is 3.05. The van der Waals surface area contributed by atoms with Crippen LogP contribution >= 0.6 is 11.8 Å². The molecule has 0 bridgehead atoms. The Hall–Kier alpha value is -0.970. The number of thioether (sulfide) groups is 1. The Morgan fingerprint density at radius 3 is 2.89 bits per heavy atom. The summed E-state index contributed by atoms with van der Waals surface area (Å²) in [5.41, 5.74) is 5.74. The molecule has 0 saturated heterocycles. The summed E-state index contributed by atoms with van der Waals surface area (Å²) in [4.78, 5) is 8.49. The van der Waals surface area contributed by atoms with E-state index in [0.29, 0.717) is 5.95 Å². The molecule has 0 aliphatic heterocycles. The van der Waals surface area contributed by atoms with Crippen molar-refractivity contribution in [3.05, 3.63) is 6.07 Å². The molecule has 0 atom stereocenters. The standard InChI is InChI=1S/C13H22N4S/c1-2-7-15-11-8-12(17-13(14)16-11)18-9-10-5-3-4-6-10/h8,10H,2-7,9H2,1H3,(H3,14,15,16,17). The number of hydrogen-bond acceptors (Lipinski definition) is 5. The summed E-state index contributed by atoms with van der Waals surface area (Å²) in [6, 6.07) is 2.01. The SMILES string of the molecule is CCCNc1cc(SCC2CCCC2)nc(N)n1. The van der Waals surface area contributed by atoms with Gasteiger partial charge >= 0.3 is 0 Å². The number of nitrogens with zero attached hydrogens (tertiary/aromatic N) is 2. The molecule has 100 valence electrons. The monoisotopic (exact) mass is 266 g/mol. The zero-order chi connectivity index (χ0) is 12.8. The first-order chi connectivity index (χ1) is 8.78. The van der Waals surface area contributed by atoms with Gasteiger partial charge in [-0.25, -0.2) is 4.98 Å². The van der Waals surface area contributed by atoms with Gasteiger partial charge in [-0.1, -0.05) is 19.8 Å². The third-order valence-electron chi connectivity index (χ3n) is 3.22. The fraction of sp³-hybridized carbons (Fsp3) is 0.692. The van der Waals surface area contributed by atoms with Crippen LogP contribution in [0.2, 0.25) is 0 Å². The molecule has 1 aromatic heterocycles. The predicted molar refractivity (Wildman–Crippen MR) is 77.9 cm³/mol. The highest BCUT2D eigenvalue weighted by atomic mass is 32.2. The fourth-order valence-electron chi connectivity index (χ4n) is 2.24. The van der Waals surface area contributed by atoms with Gasteiger partial charge < -0.3 is 11.1 Å². The van der Waals surface area contributed by atoms with Gasteiger partial charge in [0.25, 0.3) is 0 Å². The maximum atomic E-state index is 5.74. The molecule has 1 aromatic rings. The molecular weight excluding hydrogens is 244 g/mol. The van der Waals surface area contributed by atoms with Crippen molar-refractivity contribution in [2.75, 3.05) is 23.3 Å². The molecule has 2 rings (SSSR count). The number of rotatable bonds is 6. The van der Waals surface area contributed by atoms with E-state index in [9.17, 15) is 0 Å². The summed E-state index contributed by atoms with van der Waals surface area (Å²) >= 11 is 1.81. The van der Waals surface area contributed by atoms with Gasteiger partial charge in [0.1, 0.15) is 10.8 Å². The van der Waals surface area contributed by atoms with Gasteiger partial charge in [-0.2, -0.15) is 4.98 Å². The van der Waals surface area contributed by atoms with Gasteiger partial charge in [-0.15, -0.1) is 11.8 Å². The number of aromatic nitrogens is 2. The number of nitrogens with one attached hydrogen (secondary N) is 1. The Kier molecular flexibility index (Phi) is 5.11. The van der Waals surface area contributed by atoms with Gasteiger partial charge in [0.15, 0.2) is 0 Å². The maximum absolute atomic E-state index is 5.74. The molecule has 0 unspecified atom stereocenters.